The zero-order valence-corrected chi connectivity index (χ0v) is 18.3. The minimum Gasteiger partial charge on any atom is -0.490 e. The Morgan fingerprint density at radius 3 is 1.75 bits per heavy atom. The fourth-order valence-corrected chi connectivity index (χ4v) is 3.08. The van der Waals surface area contributed by atoms with Crippen LogP contribution in [0.15, 0.2) is 12.1 Å². The van der Waals surface area contributed by atoms with Crippen LogP contribution in [0.5, 0.6) is 17.2 Å². The molecule has 0 aliphatic rings. The Morgan fingerprint density at radius 2 is 1.25 bits per heavy atom. The first-order chi connectivity index (χ1) is 13.7. The summed E-state index contributed by atoms with van der Waals surface area (Å²) in [5.74, 6) is 1.55. The molecule has 0 atom stereocenters. The number of benzene rings is 1. The molecule has 0 fully saturated rings. The lowest BCUT2D eigenvalue weighted by Gasteiger charge is -2.17. The molecule has 160 valence electrons. The van der Waals surface area contributed by atoms with E-state index in [2.05, 4.69) is 12.2 Å². The van der Waals surface area contributed by atoms with Gasteiger partial charge in [-0.2, -0.15) is 0 Å². The highest BCUT2D eigenvalue weighted by Gasteiger charge is 2.18. The van der Waals surface area contributed by atoms with E-state index in [9.17, 15) is 4.79 Å². The number of ether oxygens (including phenoxy) is 3. The highest BCUT2D eigenvalue weighted by Crippen LogP contribution is 2.39. The van der Waals surface area contributed by atoms with Crippen molar-refractivity contribution in [1.29, 1.82) is 0 Å². The van der Waals surface area contributed by atoms with Gasteiger partial charge in [-0.25, -0.2) is 0 Å². The Labute approximate surface area is 171 Å². The third-order valence-corrected chi connectivity index (χ3v) is 4.49. The summed E-state index contributed by atoms with van der Waals surface area (Å²) in [6.45, 7) is 10.1. The van der Waals surface area contributed by atoms with Gasteiger partial charge in [0.15, 0.2) is 11.5 Å². The molecular weight excluding hydrogens is 354 g/mol. The van der Waals surface area contributed by atoms with E-state index in [0.29, 0.717) is 49.2 Å². The Kier molecular flexibility index (Phi) is 13.0. The third-order valence-electron chi connectivity index (χ3n) is 4.49. The largest absolute Gasteiger partial charge is 0.490 e. The van der Waals surface area contributed by atoms with Crippen molar-refractivity contribution in [2.45, 2.75) is 79.1 Å². The average Bonchev–Trinajstić information content (AvgIpc) is 2.69. The van der Waals surface area contributed by atoms with Gasteiger partial charge in [0.25, 0.3) is 5.91 Å². The summed E-state index contributed by atoms with van der Waals surface area (Å²) < 4.78 is 17.0. The van der Waals surface area contributed by atoms with Crippen LogP contribution in [0.1, 0.15) is 89.4 Å². The predicted octanol–water partition coefficient (Wildman–Crippen LogP) is 5.75. The molecule has 0 spiro atoms. The molecule has 1 amide bonds. The van der Waals surface area contributed by atoms with Crippen LogP contribution >= 0.6 is 0 Å². The van der Waals surface area contributed by atoms with E-state index >= 15 is 0 Å². The lowest BCUT2D eigenvalue weighted by atomic mass is 10.1. The van der Waals surface area contributed by atoms with Crippen LogP contribution in [0.4, 0.5) is 0 Å². The van der Waals surface area contributed by atoms with Crippen molar-refractivity contribution in [3.63, 3.8) is 0 Å². The second kappa shape index (κ2) is 15.1. The molecule has 1 aromatic carbocycles. The van der Waals surface area contributed by atoms with Crippen molar-refractivity contribution in [2.24, 2.45) is 0 Å². The van der Waals surface area contributed by atoms with Gasteiger partial charge in [0.1, 0.15) is 0 Å². The van der Waals surface area contributed by atoms with E-state index in [4.69, 9.17) is 14.2 Å². The van der Waals surface area contributed by atoms with Crippen molar-refractivity contribution < 1.29 is 19.0 Å². The molecule has 0 radical (unpaired) electrons. The van der Waals surface area contributed by atoms with Crippen LogP contribution in [0.2, 0.25) is 0 Å². The predicted molar refractivity (Wildman–Crippen MR) is 115 cm³/mol. The third kappa shape index (κ3) is 8.85. The summed E-state index contributed by atoms with van der Waals surface area (Å²) >= 11 is 0. The van der Waals surface area contributed by atoms with Crippen LogP contribution in [0.3, 0.4) is 0 Å². The van der Waals surface area contributed by atoms with Gasteiger partial charge in [0.05, 0.1) is 19.8 Å². The first-order valence-electron chi connectivity index (χ1n) is 11.0. The molecule has 0 saturated heterocycles. The molecule has 0 unspecified atom stereocenters. The fraction of sp³-hybridized carbons (Fsp3) is 0.696. The minimum atomic E-state index is -0.104. The number of rotatable bonds is 16. The van der Waals surface area contributed by atoms with Crippen LogP contribution in [-0.2, 0) is 0 Å². The first kappa shape index (κ1) is 24.1. The molecule has 5 nitrogen and oxygen atoms in total. The van der Waals surface area contributed by atoms with Crippen LogP contribution < -0.4 is 19.5 Å². The summed E-state index contributed by atoms with van der Waals surface area (Å²) in [5, 5.41) is 3.01. The number of carbonyl (C=O) groups is 1. The number of carbonyl (C=O) groups excluding carboxylic acids is 1. The molecular formula is C23H39NO4. The SMILES string of the molecule is CCCCCCCCCCNC(=O)c1cc(OCC)c(OCC)c(OCC)c1. The molecule has 0 saturated carbocycles. The highest BCUT2D eigenvalue weighted by molar-refractivity contribution is 5.95. The van der Waals surface area contributed by atoms with Crippen molar-refractivity contribution in [1.82, 2.24) is 5.32 Å². The molecule has 28 heavy (non-hydrogen) atoms. The molecule has 0 aliphatic carbocycles. The zero-order chi connectivity index (χ0) is 20.6. The number of amides is 1. The van der Waals surface area contributed by atoms with E-state index < -0.39 is 0 Å². The smallest absolute Gasteiger partial charge is 0.251 e. The van der Waals surface area contributed by atoms with E-state index in [1.54, 1.807) is 12.1 Å². The maximum absolute atomic E-state index is 12.6. The monoisotopic (exact) mass is 393 g/mol. The van der Waals surface area contributed by atoms with Gasteiger partial charge in [-0.3, -0.25) is 4.79 Å². The number of nitrogens with one attached hydrogen (secondary N) is 1. The summed E-state index contributed by atoms with van der Waals surface area (Å²) in [6.07, 6.45) is 9.99. The second-order valence-corrected chi connectivity index (χ2v) is 6.83. The number of unbranched alkanes of at least 4 members (excludes halogenated alkanes) is 7. The molecule has 5 heteroatoms. The van der Waals surface area contributed by atoms with Gasteiger partial charge in [-0.1, -0.05) is 51.9 Å². The molecule has 1 rings (SSSR count). The van der Waals surface area contributed by atoms with Crippen LogP contribution in [0.25, 0.3) is 0 Å². The second-order valence-electron chi connectivity index (χ2n) is 6.83. The fourth-order valence-electron chi connectivity index (χ4n) is 3.08. The van der Waals surface area contributed by atoms with Gasteiger partial charge >= 0.3 is 0 Å². The lowest BCUT2D eigenvalue weighted by molar-refractivity contribution is 0.0951. The number of hydrogen-bond acceptors (Lipinski definition) is 4. The molecule has 0 bridgehead atoms. The number of hydrogen-bond donors (Lipinski definition) is 1. The van der Waals surface area contributed by atoms with E-state index in [0.717, 1.165) is 12.8 Å². The standard InChI is InChI=1S/C23H39NO4/c1-5-9-10-11-12-13-14-15-16-24-23(25)19-17-20(26-6-2)22(28-8-4)21(18-19)27-7-3/h17-18H,5-16H2,1-4H3,(H,24,25). The Morgan fingerprint density at radius 1 is 0.750 bits per heavy atom. The highest BCUT2D eigenvalue weighted by atomic mass is 16.5. The normalized spacial score (nSPS) is 10.6. The maximum atomic E-state index is 12.6. The molecule has 0 heterocycles. The van der Waals surface area contributed by atoms with Gasteiger partial charge in [0.2, 0.25) is 5.75 Å². The molecule has 0 aliphatic heterocycles. The summed E-state index contributed by atoms with van der Waals surface area (Å²) in [7, 11) is 0. The van der Waals surface area contributed by atoms with Gasteiger partial charge in [0, 0.05) is 12.1 Å². The van der Waals surface area contributed by atoms with E-state index in [-0.39, 0.29) is 5.91 Å². The van der Waals surface area contributed by atoms with Gasteiger partial charge in [-0.15, -0.1) is 0 Å². The molecule has 1 N–H and O–H groups in total. The Balaban J connectivity index is 2.57. The Hall–Kier alpha value is -1.91. The van der Waals surface area contributed by atoms with Crippen LogP contribution in [0, 0.1) is 0 Å². The van der Waals surface area contributed by atoms with Crippen molar-refractivity contribution >= 4 is 5.91 Å². The summed E-state index contributed by atoms with van der Waals surface area (Å²) in [5.41, 5.74) is 0.537. The van der Waals surface area contributed by atoms with Crippen molar-refractivity contribution in [3.8, 4) is 17.2 Å². The molecule has 1 aromatic rings. The van der Waals surface area contributed by atoms with Gasteiger partial charge < -0.3 is 19.5 Å². The van der Waals surface area contributed by atoms with Crippen LogP contribution in [-0.4, -0.2) is 32.3 Å². The van der Waals surface area contributed by atoms with Crippen molar-refractivity contribution in [2.75, 3.05) is 26.4 Å². The molecule has 0 aromatic heterocycles. The van der Waals surface area contributed by atoms with Crippen molar-refractivity contribution in [3.05, 3.63) is 17.7 Å². The first-order valence-corrected chi connectivity index (χ1v) is 11.0. The quantitative estimate of drug-likeness (QED) is 0.363. The Bertz CT molecular complexity index is 533. The van der Waals surface area contributed by atoms with E-state index in [1.165, 1.54) is 38.5 Å². The summed E-state index contributed by atoms with van der Waals surface area (Å²) in [6, 6.07) is 3.47. The van der Waals surface area contributed by atoms with E-state index in [1.807, 2.05) is 20.8 Å². The maximum Gasteiger partial charge on any atom is 0.251 e. The minimum absolute atomic E-state index is 0.104. The topological polar surface area (TPSA) is 56.8 Å². The lowest BCUT2D eigenvalue weighted by Crippen LogP contribution is -2.24. The average molecular weight is 394 g/mol. The summed E-state index contributed by atoms with van der Waals surface area (Å²) in [4.78, 5) is 12.6. The van der Waals surface area contributed by atoms with Gasteiger partial charge in [-0.05, 0) is 39.3 Å². The zero-order valence-electron chi connectivity index (χ0n) is 18.3.